The number of halogens is 2. The van der Waals surface area contributed by atoms with Gasteiger partial charge in [-0.05, 0) is 25.1 Å². The van der Waals surface area contributed by atoms with Crippen molar-refractivity contribution in [1.82, 2.24) is 4.98 Å². The summed E-state index contributed by atoms with van der Waals surface area (Å²) in [5, 5.41) is 4.93. The van der Waals surface area contributed by atoms with Crippen LogP contribution >= 0.6 is 22.9 Å². The van der Waals surface area contributed by atoms with E-state index >= 15 is 0 Å². The zero-order valence-electron chi connectivity index (χ0n) is 14.1. The van der Waals surface area contributed by atoms with Gasteiger partial charge in [0.2, 0.25) is 0 Å². The zero-order valence-corrected chi connectivity index (χ0v) is 15.7. The number of carbonyl (C=O) groups excluding carboxylic acids is 2. The minimum atomic E-state index is -1.13. The molecule has 8 heteroatoms. The van der Waals surface area contributed by atoms with E-state index in [0.717, 1.165) is 17.3 Å². The Labute approximate surface area is 163 Å². The molecule has 27 heavy (non-hydrogen) atoms. The maximum atomic E-state index is 13.8. The molecule has 3 rings (SSSR count). The summed E-state index contributed by atoms with van der Waals surface area (Å²) in [6, 6.07) is 13.1. The molecule has 0 radical (unpaired) electrons. The van der Waals surface area contributed by atoms with Crippen molar-refractivity contribution in [3.8, 4) is 11.3 Å². The largest absolute Gasteiger partial charge is 0.449 e. The number of amides is 1. The van der Waals surface area contributed by atoms with Gasteiger partial charge >= 0.3 is 5.97 Å². The zero-order chi connectivity index (χ0) is 19.4. The molecule has 0 spiro atoms. The molecule has 1 aromatic heterocycles. The molecular formula is C19H14ClFN2O3S. The Hall–Kier alpha value is -2.77. The van der Waals surface area contributed by atoms with E-state index in [4.69, 9.17) is 16.3 Å². The van der Waals surface area contributed by atoms with Crippen molar-refractivity contribution in [2.75, 3.05) is 5.32 Å². The van der Waals surface area contributed by atoms with Crippen molar-refractivity contribution < 1.29 is 18.7 Å². The molecule has 5 nitrogen and oxygen atoms in total. The van der Waals surface area contributed by atoms with Crippen LogP contribution in [0.4, 0.5) is 9.52 Å². The minimum Gasteiger partial charge on any atom is -0.449 e. The lowest BCUT2D eigenvalue weighted by Crippen LogP contribution is -2.30. The van der Waals surface area contributed by atoms with Crippen LogP contribution in [-0.2, 0) is 9.53 Å². The normalized spacial score (nSPS) is 11.7. The summed E-state index contributed by atoms with van der Waals surface area (Å²) in [7, 11) is 0. The Morgan fingerprint density at radius 3 is 2.67 bits per heavy atom. The van der Waals surface area contributed by atoms with Gasteiger partial charge < -0.3 is 4.74 Å². The summed E-state index contributed by atoms with van der Waals surface area (Å²) >= 11 is 6.90. The Morgan fingerprint density at radius 2 is 1.96 bits per heavy atom. The van der Waals surface area contributed by atoms with Crippen LogP contribution in [-0.4, -0.2) is 23.0 Å². The summed E-state index contributed by atoms with van der Waals surface area (Å²) in [4.78, 5) is 28.6. The first-order valence-electron chi connectivity index (χ1n) is 7.92. The van der Waals surface area contributed by atoms with Gasteiger partial charge in [0.05, 0.1) is 11.3 Å². The summed E-state index contributed by atoms with van der Waals surface area (Å²) in [6.45, 7) is 1.40. The standard InChI is InChI=1S/C19H14ClFN2O3S/c1-11(26-18(25)14-8-7-13(20)9-15(14)21)17(24)23-19-22-16(10-27-19)12-5-3-2-4-6-12/h2-11H,1H3,(H,22,23,24)/t11-/m1/s1. The van der Waals surface area contributed by atoms with Crippen LogP contribution in [0.1, 0.15) is 17.3 Å². The second-order valence-corrected chi connectivity index (χ2v) is 6.86. The van der Waals surface area contributed by atoms with E-state index in [1.165, 1.54) is 30.4 Å². The maximum absolute atomic E-state index is 13.8. The number of rotatable bonds is 5. The molecular weight excluding hydrogens is 391 g/mol. The summed E-state index contributed by atoms with van der Waals surface area (Å²) < 4.78 is 18.8. The van der Waals surface area contributed by atoms with Crippen molar-refractivity contribution in [2.45, 2.75) is 13.0 Å². The van der Waals surface area contributed by atoms with E-state index in [-0.39, 0.29) is 10.6 Å². The summed E-state index contributed by atoms with van der Waals surface area (Å²) in [5.41, 5.74) is 1.36. The number of ether oxygens (including phenoxy) is 1. The first-order valence-corrected chi connectivity index (χ1v) is 9.17. The van der Waals surface area contributed by atoms with E-state index in [1.807, 2.05) is 35.7 Å². The number of nitrogens with zero attached hydrogens (tertiary/aromatic N) is 1. The molecule has 0 saturated carbocycles. The van der Waals surface area contributed by atoms with Crippen molar-refractivity contribution in [2.24, 2.45) is 0 Å². The van der Waals surface area contributed by atoms with Crippen LogP contribution in [0.5, 0.6) is 0 Å². The predicted octanol–water partition coefficient (Wildman–Crippen LogP) is 4.79. The van der Waals surface area contributed by atoms with Gasteiger partial charge in [0.1, 0.15) is 5.82 Å². The quantitative estimate of drug-likeness (QED) is 0.621. The number of nitrogens with one attached hydrogen (secondary N) is 1. The molecule has 1 atom stereocenters. The minimum absolute atomic E-state index is 0.160. The number of anilines is 1. The third-order valence-electron chi connectivity index (χ3n) is 3.61. The fraction of sp³-hybridized carbons (Fsp3) is 0.105. The molecule has 0 bridgehead atoms. The smallest absolute Gasteiger partial charge is 0.341 e. The van der Waals surface area contributed by atoms with E-state index in [0.29, 0.717) is 5.13 Å². The van der Waals surface area contributed by atoms with E-state index in [2.05, 4.69) is 10.3 Å². The lowest BCUT2D eigenvalue weighted by atomic mass is 10.2. The second-order valence-electron chi connectivity index (χ2n) is 5.56. The van der Waals surface area contributed by atoms with Crippen LogP contribution in [0.3, 0.4) is 0 Å². The van der Waals surface area contributed by atoms with Crippen LogP contribution in [0.15, 0.2) is 53.9 Å². The monoisotopic (exact) mass is 404 g/mol. The Kier molecular flexibility index (Phi) is 5.83. The highest BCUT2D eigenvalue weighted by Crippen LogP contribution is 2.25. The Morgan fingerprint density at radius 1 is 1.22 bits per heavy atom. The molecule has 0 aliphatic heterocycles. The van der Waals surface area contributed by atoms with E-state index < -0.39 is 23.8 Å². The van der Waals surface area contributed by atoms with Gasteiger partial charge in [-0.25, -0.2) is 14.2 Å². The van der Waals surface area contributed by atoms with Crippen LogP contribution in [0.2, 0.25) is 5.02 Å². The highest BCUT2D eigenvalue weighted by molar-refractivity contribution is 7.14. The number of carbonyl (C=O) groups is 2. The molecule has 1 amide bonds. The molecule has 1 N–H and O–H groups in total. The third-order valence-corrected chi connectivity index (χ3v) is 4.60. The van der Waals surface area contributed by atoms with Crippen molar-refractivity contribution in [1.29, 1.82) is 0 Å². The van der Waals surface area contributed by atoms with Gasteiger partial charge in [-0.2, -0.15) is 0 Å². The average molecular weight is 405 g/mol. The number of aromatic nitrogens is 1. The molecule has 0 aliphatic carbocycles. The number of benzene rings is 2. The van der Waals surface area contributed by atoms with Gasteiger partial charge in [-0.15, -0.1) is 11.3 Å². The summed E-state index contributed by atoms with van der Waals surface area (Å²) in [6.07, 6.45) is -1.13. The van der Waals surface area contributed by atoms with Crippen molar-refractivity contribution >= 4 is 39.9 Å². The SMILES string of the molecule is C[C@@H](OC(=O)c1ccc(Cl)cc1F)C(=O)Nc1nc(-c2ccccc2)cs1. The molecule has 138 valence electrons. The maximum Gasteiger partial charge on any atom is 0.341 e. The molecule has 0 fully saturated rings. The van der Waals surface area contributed by atoms with Crippen molar-refractivity contribution in [3.05, 3.63) is 70.3 Å². The molecule has 2 aromatic carbocycles. The van der Waals surface area contributed by atoms with Gasteiger partial charge in [-0.3, -0.25) is 10.1 Å². The van der Waals surface area contributed by atoms with E-state index in [1.54, 1.807) is 0 Å². The molecule has 0 saturated heterocycles. The topological polar surface area (TPSA) is 68.3 Å². The number of esters is 1. The average Bonchev–Trinajstić information content (AvgIpc) is 3.10. The van der Waals surface area contributed by atoms with Crippen molar-refractivity contribution in [3.63, 3.8) is 0 Å². The van der Waals surface area contributed by atoms with E-state index in [9.17, 15) is 14.0 Å². The van der Waals surface area contributed by atoms with Gasteiger partial charge in [0, 0.05) is 16.0 Å². The van der Waals surface area contributed by atoms with Crippen LogP contribution in [0.25, 0.3) is 11.3 Å². The molecule has 1 heterocycles. The van der Waals surface area contributed by atoms with Gasteiger partial charge in [0.15, 0.2) is 11.2 Å². The lowest BCUT2D eigenvalue weighted by Gasteiger charge is -2.12. The first-order chi connectivity index (χ1) is 12.9. The fourth-order valence-corrected chi connectivity index (χ4v) is 3.09. The third kappa shape index (κ3) is 4.69. The Balaban J connectivity index is 1.62. The highest BCUT2D eigenvalue weighted by atomic mass is 35.5. The predicted molar refractivity (Wildman–Crippen MR) is 102 cm³/mol. The van der Waals surface area contributed by atoms with Crippen LogP contribution < -0.4 is 5.32 Å². The number of hydrogen-bond donors (Lipinski definition) is 1. The highest BCUT2D eigenvalue weighted by Gasteiger charge is 2.22. The number of thiazole rings is 1. The first kappa shape index (κ1) is 19.0. The lowest BCUT2D eigenvalue weighted by molar-refractivity contribution is -0.123. The fourth-order valence-electron chi connectivity index (χ4n) is 2.21. The summed E-state index contributed by atoms with van der Waals surface area (Å²) in [5.74, 6) is -2.32. The van der Waals surface area contributed by atoms with Gasteiger partial charge in [-0.1, -0.05) is 41.9 Å². The second kappa shape index (κ2) is 8.28. The van der Waals surface area contributed by atoms with Crippen LogP contribution in [0, 0.1) is 5.82 Å². The molecule has 0 aliphatic rings. The Bertz CT molecular complexity index is 978. The number of hydrogen-bond acceptors (Lipinski definition) is 5. The van der Waals surface area contributed by atoms with Gasteiger partial charge in [0.25, 0.3) is 5.91 Å². The molecule has 0 unspecified atom stereocenters. The molecule has 3 aromatic rings.